The number of benzene rings is 1. The third-order valence-electron chi connectivity index (χ3n) is 4.52. The molecule has 1 saturated carbocycles. The average Bonchev–Trinajstić information content (AvgIpc) is 3.08. The Morgan fingerprint density at radius 3 is 2.68 bits per heavy atom. The maximum absolute atomic E-state index is 6.23. The molecule has 1 fully saturated rings. The van der Waals surface area contributed by atoms with E-state index in [1.807, 2.05) is 12.1 Å². The molecule has 0 saturated heterocycles. The molecule has 0 radical (unpaired) electrons. The molecule has 0 atom stereocenters. The Balaban J connectivity index is 2.09. The molecule has 0 amide bonds. The van der Waals surface area contributed by atoms with Gasteiger partial charge in [0.25, 0.3) is 0 Å². The first-order valence-corrected chi connectivity index (χ1v) is 7.68. The predicted molar refractivity (Wildman–Crippen MR) is 80.8 cm³/mol. The molecule has 1 heterocycles. The molecule has 2 aromatic rings. The second-order valence-electron chi connectivity index (χ2n) is 5.87. The van der Waals surface area contributed by atoms with E-state index in [-0.39, 0.29) is 0 Å². The highest BCUT2D eigenvalue weighted by Gasteiger charge is 2.46. The van der Waals surface area contributed by atoms with Gasteiger partial charge in [0.05, 0.1) is 16.4 Å². The Morgan fingerprint density at radius 2 is 2.11 bits per heavy atom. The first-order chi connectivity index (χ1) is 9.07. The van der Waals surface area contributed by atoms with Gasteiger partial charge in [0.15, 0.2) is 0 Å². The molecule has 1 aromatic heterocycles. The Hall–Kier alpha value is -0.730. The summed E-state index contributed by atoms with van der Waals surface area (Å²) in [5, 5.41) is 0.706. The molecular formula is C15H18Cl2N2. The van der Waals surface area contributed by atoms with Crippen molar-refractivity contribution in [2.45, 2.75) is 39.1 Å². The summed E-state index contributed by atoms with van der Waals surface area (Å²) in [7, 11) is 0. The van der Waals surface area contributed by atoms with Crippen LogP contribution in [-0.2, 0) is 12.4 Å². The van der Waals surface area contributed by atoms with E-state index in [2.05, 4.69) is 29.5 Å². The van der Waals surface area contributed by atoms with Crippen LogP contribution in [0.4, 0.5) is 0 Å². The predicted octanol–water partition coefficient (Wildman–Crippen LogP) is 4.86. The summed E-state index contributed by atoms with van der Waals surface area (Å²) in [4.78, 5) is 4.60. The van der Waals surface area contributed by atoms with Gasteiger partial charge in [-0.15, -0.1) is 11.6 Å². The minimum absolute atomic E-state index is 0.427. The van der Waals surface area contributed by atoms with Gasteiger partial charge in [-0.1, -0.05) is 31.5 Å². The van der Waals surface area contributed by atoms with Crippen LogP contribution in [0.2, 0.25) is 5.02 Å². The van der Waals surface area contributed by atoms with Crippen LogP contribution in [0, 0.1) is 11.3 Å². The number of para-hydroxylation sites is 1. The number of rotatable bonds is 4. The number of hydrogen-bond acceptors (Lipinski definition) is 1. The van der Waals surface area contributed by atoms with Crippen molar-refractivity contribution >= 4 is 34.2 Å². The summed E-state index contributed by atoms with van der Waals surface area (Å²) >= 11 is 12.3. The fourth-order valence-electron chi connectivity index (χ4n) is 2.83. The third-order valence-corrected chi connectivity index (χ3v) is 5.06. The van der Waals surface area contributed by atoms with Gasteiger partial charge >= 0.3 is 0 Å². The molecular weight excluding hydrogens is 279 g/mol. The topological polar surface area (TPSA) is 17.8 Å². The number of hydrogen-bond donors (Lipinski definition) is 0. The highest BCUT2D eigenvalue weighted by atomic mass is 35.5. The van der Waals surface area contributed by atoms with Crippen LogP contribution in [0.5, 0.6) is 0 Å². The third kappa shape index (κ3) is 2.15. The highest BCUT2D eigenvalue weighted by molar-refractivity contribution is 6.35. The fraction of sp³-hybridized carbons (Fsp3) is 0.533. The highest BCUT2D eigenvalue weighted by Crippen LogP contribution is 2.53. The van der Waals surface area contributed by atoms with Crippen molar-refractivity contribution < 1.29 is 0 Å². The summed E-state index contributed by atoms with van der Waals surface area (Å²) in [6.45, 7) is 5.61. The van der Waals surface area contributed by atoms with Crippen LogP contribution < -0.4 is 0 Å². The van der Waals surface area contributed by atoms with E-state index in [1.54, 1.807) is 0 Å². The molecule has 3 rings (SSSR count). The molecule has 0 aliphatic heterocycles. The van der Waals surface area contributed by atoms with Crippen LogP contribution in [-0.4, -0.2) is 9.55 Å². The summed E-state index contributed by atoms with van der Waals surface area (Å²) in [5.74, 6) is 2.04. The van der Waals surface area contributed by atoms with Crippen molar-refractivity contribution in [2.24, 2.45) is 11.3 Å². The lowest BCUT2D eigenvalue weighted by atomic mass is 9.92. The van der Waals surface area contributed by atoms with Crippen molar-refractivity contribution in [1.29, 1.82) is 0 Å². The fourth-order valence-corrected chi connectivity index (χ4v) is 3.25. The number of imidazole rings is 1. The SMILES string of the molecule is CC(C)C1(Cn2c(CCl)nc3c(Cl)cccc32)CC1. The maximum Gasteiger partial charge on any atom is 0.124 e. The van der Waals surface area contributed by atoms with Gasteiger partial charge in [-0.05, 0) is 36.3 Å². The monoisotopic (exact) mass is 296 g/mol. The van der Waals surface area contributed by atoms with Crippen molar-refractivity contribution in [3.63, 3.8) is 0 Å². The van der Waals surface area contributed by atoms with Crippen LogP contribution in [0.1, 0.15) is 32.5 Å². The van der Waals surface area contributed by atoms with E-state index in [9.17, 15) is 0 Å². The van der Waals surface area contributed by atoms with E-state index in [0.717, 1.165) is 23.4 Å². The Kier molecular flexibility index (Phi) is 3.26. The summed E-state index contributed by atoms with van der Waals surface area (Å²) in [6, 6.07) is 5.95. The van der Waals surface area contributed by atoms with Gasteiger partial charge in [0.2, 0.25) is 0 Å². The van der Waals surface area contributed by atoms with Gasteiger partial charge in [-0.3, -0.25) is 0 Å². The van der Waals surface area contributed by atoms with E-state index >= 15 is 0 Å². The lowest BCUT2D eigenvalue weighted by Crippen LogP contribution is -2.19. The zero-order chi connectivity index (χ0) is 13.6. The Labute approximate surface area is 123 Å². The lowest BCUT2D eigenvalue weighted by Gasteiger charge is -2.21. The largest absolute Gasteiger partial charge is 0.326 e. The van der Waals surface area contributed by atoms with Gasteiger partial charge in [-0.25, -0.2) is 4.98 Å². The first-order valence-electron chi connectivity index (χ1n) is 6.77. The molecule has 0 bridgehead atoms. The zero-order valence-corrected chi connectivity index (χ0v) is 12.8. The molecule has 2 nitrogen and oxygen atoms in total. The van der Waals surface area contributed by atoms with Crippen molar-refractivity contribution in [1.82, 2.24) is 9.55 Å². The molecule has 102 valence electrons. The molecule has 4 heteroatoms. The van der Waals surface area contributed by atoms with Crippen molar-refractivity contribution in [3.05, 3.63) is 29.0 Å². The number of halogens is 2. The second-order valence-corrected chi connectivity index (χ2v) is 6.55. The van der Waals surface area contributed by atoms with Gasteiger partial charge < -0.3 is 4.57 Å². The second kappa shape index (κ2) is 4.68. The average molecular weight is 297 g/mol. The standard InChI is InChI=1S/C15H18Cl2N2/c1-10(2)15(6-7-15)9-19-12-5-3-4-11(17)14(12)18-13(19)8-16/h3-5,10H,6-9H2,1-2H3. The number of nitrogens with zero attached hydrogens (tertiary/aromatic N) is 2. The van der Waals surface area contributed by atoms with Crippen LogP contribution in [0.3, 0.4) is 0 Å². The smallest absolute Gasteiger partial charge is 0.124 e. The quantitative estimate of drug-likeness (QED) is 0.736. The van der Waals surface area contributed by atoms with Crippen molar-refractivity contribution in [3.8, 4) is 0 Å². The van der Waals surface area contributed by atoms with Gasteiger partial charge in [0.1, 0.15) is 11.3 Å². The summed E-state index contributed by atoms with van der Waals surface area (Å²) < 4.78 is 2.27. The molecule has 1 aliphatic carbocycles. The summed E-state index contributed by atoms with van der Waals surface area (Å²) in [6.07, 6.45) is 2.60. The molecule has 0 N–H and O–H groups in total. The molecule has 0 unspecified atom stereocenters. The van der Waals surface area contributed by atoms with Gasteiger partial charge in [-0.2, -0.15) is 0 Å². The van der Waals surface area contributed by atoms with E-state index in [0.29, 0.717) is 22.2 Å². The summed E-state index contributed by atoms with van der Waals surface area (Å²) in [5.41, 5.74) is 2.41. The molecule has 19 heavy (non-hydrogen) atoms. The minimum atomic E-state index is 0.427. The molecule has 0 spiro atoms. The van der Waals surface area contributed by atoms with Crippen LogP contribution in [0.25, 0.3) is 11.0 Å². The van der Waals surface area contributed by atoms with Crippen LogP contribution >= 0.6 is 23.2 Å². The lowest BCUT2D eigenvalue weighted by molar-refractivity contribution is 0.309. The Morgan fingerprint density at radius 1 is 1.37 bits per heavy atom. The maximum atomic E-state index is 6.23. The number of alkyl halides is 1. The molecule has 1 aliphatic rings. The van der Waals surface area contributed by atoms with E-state index < -0.39 is 0 Å². The minimum Gasteiger partial charge on any atom is -0.326 e. The first kappa shape index (κ1) is 13.3. The number of fused-ring (bicyclic) bond motifs is 1. The normalized spacial score (nSPS) is 17.3. The Bertz CT molecular complexity index is 612. The van der Waals surface area contributed by atoms with Crippen molar-refractivity contribution in [2.75, 3.05) is 0 Å². The van der Waals surface area contributed by atoms with E-state index in [4.69, 9.17) is 23.2 Å². The van der Waals surface area contributed by atoms with Crippen LogP contribution in [0.15, 0.2) is 18.2 Å². The number of aromatic nitrogens is 2. The van der Waals surface area contributed by atoms with E-state index in [1.165, 1.54) is 12.8 Å². The van der Waals surface area contributed by atoms with Gasteiger partial charge in [0, 0.05) is 6.54 Å². The zero-order valence-electron chi connectivity index (χ0n) is 11.3. The molecule has 1 aromatic carbocycles.